The third-order valence-electron chi connectivity index (χ3n) is 12.7. The lowest BCUT2D eigenvalue weighted by atomic mass is 9.81. The Morgan fingerprint density at radius 3 is 1.62 bits per heavy atom. The van der Waals surface area contributed by atoms with Crippen molar-refractivity contribution in [1.82, 2.24) is 0 Å². The van der Waals surface area contributed by atoms with E-state index in [-0.39, 0.29) is 5.41 Å². The summed E-state index contributed by atoms with van der Waals surface area (Å²) < 4.78 is 6.30. The molecule has 11 aromatic rings. The molecule has 0 amide bonds. The Morgan fingerprint density at radius 1 is 0.339 bits per heavy atom. The molecule has 0 saturated heterocycles. The van der Waals surface area contributed by atoms with Gasteiger partial charge in [0.2, 0.25) is 0 Å². The third-order valence-corrected chi connectivity index (χ3v) is 12.7. The third kappa shape index (κ3) is 4.31. The standard InChI is InChI=1S/C55H36O/c1-55(2)48-28-24-34(30-46(48)47-31-35-25-29-51-54(45(35)32-49(47)55)44-22-12-13-23-50(44)56-51)36-26-27-43(38-17-7-6-16-37(36)38)53-41-20-10-8-18-39(41)52(33-14-4-3-5-15-33)40-19-9-11-21-42(40)53/h3-32H,1-2H3. The smallest absolute Gasteiger partial charge is 0.136 e. The summed E-state index contributed by atoms with van der Waals surface area (Å²) in [5, 5.41) is 12.5. The van der Waals surface area contributed by atoms with E-state index in [2.05, 4.69) is 190 Å². The molecule has 0 aliphatic heterocycles. The van der Waals surface area contributed by atoms with Gasteiger partial charge in [-0.2, -0.15) is 0 Å². The summed E-state index contributed by atoms with van der Waals surface area (Å²) in [4.78, 5) is 0. The van der Waals surface area contributed by atoms with Crippen molar-refractivity contribution in [1.29, 1.82) is 0 Å². The van der Waals surface area contributed by atoms with Crippen molar-refractivity contribution in [2.45, 2.75) is 19.3 Å². The van der Waals surface area contributed by atoms with Gasteiger partial charge in [0.25, 0.3) is 0 Å². The normalized spacial score (nSPS) is 13.3. The largest absolute Gasteiger partial charge is 0.456 e. The van der Waals surface area contributed by atoms with Crippen molar-refractivity contribution in [3.05, 3.63) is 193 Å². The number of furan rings is 1. The van der Waals surface area contributed by atoms with E-state index in [1.807, 2.05) is 6.07 Å². The van der Waals surface area contributed by atoms with E-state index in [0.29, 0.717) is 0 Å². The van der Waals surface area contributed by atoms with Gasteiger partial charge in [0.15, 0.2) is 0 Å². The van der Waals surface area contributed by atoms with Crippen molar-refractivity contribution >= 4 is 65.0 Å². The Labute approximate surface area is 325 Å². The van der Waals surface area contributed by atoms with Gasteiger partial charge in [0, 0.05) is 16.2 Å². The molecule has 0 radical (unpaired) electrons. The maximum atomic E-state index is 6.30. The zero-order valence-corrected chi connectivity index (χ0v) is 31.2. The predicted molar refractivity (Wildman–Crippen MR) is 238 cm³/mol. The molecule has 0 fully saturated rings. The Morgan fingerprint density at radius 2 is 0.911 bits per heavy atom. The first-order valence-electron chi connectivity index (χ1n) is 19.6. The van der Waals surface area contributed by atoms with Gasteiger partial charge in [-0.25, -0.2) is 0 Å². The fourth-order valence-corrected chi connectivity index (χ4v) is 10.1. The average Bonchev–Trinajstić information content (AvgIpc) is 3.73. The Kier molecular flexibility index (Phi) is 6.46. The second kappa shape index (κ2) is 11.5. The summed E-state index contributed by atoms with van der Waals surface area (Å²) in [5.74, 6) is 0. The van der Waals surface area contributed by atoms with Crippen LogP contribution in [0.1, 0.15) is 25.0 Å². The monoisotopic (exact) mass is 712 g/mol. The van der Waals surface area contributed by atoms with Gasteiger partial charge in [0.1, 0.15) is 11.2 Å². The van der Waals surface area contributed by atoms with Crippen LogP contribution in [0.25, 0.3) is 110 Å². The molecule has 12 rings (SSSR count). The summed E-state index contributed by atoms with van der Waals surface area (Å²) in [6, 6.07) is 67.2. The number of para-hydroxylation sites is 1. The van der Waals surface area contributed by atoms with Crippen molar-refractivity contribution in [3.8, 4) is 44.5 Å². The zero-order chi connectivity index (χ0) is 37.1. The molecule has 1 aliphatic rings. The van der Waals surface area contributed by atoms with Crippen molar-refractivity contribution in [2.24, 2.45) is 0 Å². The first-order valence-corrected chi connectivity index (χ1v) is 19.6. The Hall–Kier alpha value is -6.96. The number of fused-ring (bicyclic) bond motifs is 11. The predicted octanol–water partition coefficient (Wildman–Crippen LogP) is 15.5. The minimum Gasteiger partial charge on any atom is -0.456 e. The van der Waals surface area contributed by atoms with Gasteiger partial charge < -0.3 is 4.42 Å². The fraction of sp³-hybridized carbons (Fsp3) is 0.0545. The van der Waals surface area contributed by atoms with Crippen molar-refractivity contribution in [3.63, 3.8) is 0 Å². The molecule has 0 saturated carbocycles. The van der Waals surface area contributed by atoms with Crippen LogP contribution in [0.3, 0.4) is 0 Å². The van der Waals surface area contributed by atoms with E-state index >= 15 is 0 Å². The molecule has 10 aromatic carbocycles. The maximum Gasteiger partial charge on any atom is 0.136 e. The highest BCUT2D eigenvalue weighted by Gasteiger charge is 2.36. The van der Waals surface area contributed by atoms with Gasteiger partial charge in [-0.3, -0.25) is 0 Å². The summed E-state index contributed by atoms with van der Waals surface area (Å²) in [6.45, 7) is 4.75. The lowest BCUT2D eigenvalue weighted by molar-refractivity contribution is 0.661. The molecule has 262 valence electrons. The van der Waals surface area contributed by atoms with Gasteiger partial charge in [-0.15, -0.1) is 0 Å². The highest BCUT2D eigenvalue weighted by Crippen LogP contribution is 2.53. The van der Waals surface area contributed by atoms with Gasteiger partial charge >= 0.3 is 0 Å². The van der Waals surface area contributed by atoms with E-state index in [1.165, 1.54) is 109 Å². The second-order valence-electron chi connectivity index (χ2n) is 16.0. The van der Waals surface area contributed by atoms with Crippen LogP contribution in [0.5, 0.6) is 0 Å². The molecule has 0 atom stereocenters. The Bertz CT molecular complexity index is 3380. The molecule has 1 aromatic heterocycles. The molecule has 1 heterocycles. The van der Waals surface area contributed by atoms with E-state index < -0.39 is 0 Å². The van der Waals surface area contributed by atoms with E-state index in [0.717, 1.165) is 11.2 Å². The number of hydrogen-bond acceptors (Lipinski definition) is 1. The van der Waals surface area contributed by atoms with Gasteiger partial charge in [-0.05, 0) is 129 Å². The SMILES string of the molecule is CC1(C)c2ccc(-c3ccc(-c4c5ccccc5c(-c5ccccc5)c5ccccc45)c4ccccc34)cc2-c2cc3ccc4oc5ccccc5c4c3cc21. The summed E-state index contributed by atoms with van der Waals surface area (Å²) in [5.41, 5.74) is 14.7. The van der Waals surface area contributed by atoms with E-state index in [4.69, 9.17) is 4.42 Å². The van der Waals surface area contributed by atoms with Crippen molar-refractivity contribution < 1.29 is 4.42 Å². The van der Waals surface area contributed by atoms with Crippen molar-refractivity contribution in [2.75, 3.05) is 0 Å². The molecule has 1 aliphatic carbocycles. The lowest BCUT2D eigenvalue weighted by Gasteiger charge is -2.22. The van der Waals surface area contributed by atoms with Gasteiger partial charge in [-0.1, -0.05) is 166 Å². The minimum absolute atomic E-state index is 0.140. The van der Waals surface area contributed by atoms with Crippen LogP contribution in [0.4, 0.5) is 0 Å². The topological polar surface area (TPSA) is 13.1 Å². The number of hydrogen-bond donors (Lipinski definition) is 0. The molecular weight excluding hydrogens is 677 g/mol. The van der Waals surface area contributed by atoms with Crippen LogP contribution >= 0.6 is 0 Å². The summed E-state index contributed by atoms with van der Waals surface area (Å²) in [6.07, 6.45) is 0. The molecular formula is C55H36O. The van der Waals surface area contributed by atoms with E-state index in [9.17, 15) is 0 Å². The quantitative estimate of drug-likeness (QED) is 0.166. The first kappa shape index (κ1) is 31.4. The van der Waals surface area contributed by atoms with Crippen LogP contribution in [0.15, 0.2) is 186 Å². The number of rotatable bonds is 3. The average molecular weight is 713 g/mol. The molecule has 0 bridgehead atoms. The van der Waals surface area contributed by atoms with Crippen LogP contribution in [0.2, 0.25) is 0 Å². The van der Waals surface area contributed by atoms with Gasteiger partial charge in [0.05, 0.1) is 0 Å². The summed E-state index contributed by atoms with van der Waals surface area (Å²) in [7, 11) is 0. The fourth-order valence-electron chi connectivity index (χ4n) is 10.1. The van der Waals surface area contributed by atoms with Crippen LogP contribution in [0, 0.1) is 0 Å². The van der Waals surface area contributed by atoms with Crippen LogP contribution in [-0.4, -0.2) is 0 Å². The number of benzene rings is 10. The zero-order valence-electron chi connectivity index (χ0n) is 31.2. The first-order chi connectivity index (χ1) is 27.5. The Balaban J connectivity index is 1.06. The molecule has 0 N–H and O–H groups in total. The maximum absolute atomic E-state index is 6.30. The molecule has 56 heavy (non-hydrogen) atoms. The van der Waals surface area contributed by atoms with Crippen LogP contribution in [-0.2, 0) is 5.41 Å². The second-order valence-corrected chi connectivity index (χ2v) is 16.0. The molecule has 1 heteroatoms. The molecule has 0 spiro atoms. The molecule has 0 unspecified atom stereocenters. The van der Waals surface area contributed by atoms with Crippen LogP contribution < -0.4 is 0 Å². The highest BCUT2D eigenvalue weighted by molar-refractivity contribution is 6.24. The lowest BCUT2D eigenvalue weighted by Crippen LogP contribution is -2.14. The summed E-state index contributed by atoms with van der Waals surface area (Å²) >= 11 is 0. The highest BCUT2D eigenvalue weighted by atomic mass is 16.3. The van der Waals surface area contributed by atoms with E-state index in [1.54, 1.807) is 0 Å². The molecule has 1 nitrogen and oxygen atoms in total. The minimum atomic E-state index is -0.140.